The van der Waals surface area contributed by atoms with Crippen LogP contribution in [0.3, 0.4) is 0 Å². The number of ether oxygens (including phenoxy) is 1. The van der Waals surface area contributed by atoms with Crippen molar-refractivity contribution in [3.63, 3.8) is 0 Å². The van der Waals surface area contributed by atoms with E-state index in [2.05, 4.69) is 10.5 Å². The van der Waals surface area contributed by atoms with Crippen LogP contribution < -0.4 is 5.32 Å². The zero-order valence-electron chi connectivity index (χ0n) is 18.5. The summed E-state index contributed by atoms with van der Waals surface area (Å²) in [4.78, 5) is 20.9. The second-order valence-electron chi connectivity index (χ2n) is 8.87. The van der Waals surface area contributed by atoms with E-state index in [4.69, 9.17) is 32.8 Å². The predicted octanol–water partition coefficient (Wildman–Crippen LogP) is 5.86. The van der Waals surface area contributed by atoms with Crippen LogP contribution in [0.2, 0.25) is 10.0 Å². The first-order chi connectivity index (χ1) is 16.6. The summed E-state index contributed by atoms with van der Waals surface area (Å²) in [6.45, 7) is 1.88. The minimum Gasteiger partial charge on any atom is -0.376 e. The number of rotatable bonds is 4. The fraction of sp³-hybridized carbons (Fsp3) is 0.478. The second-order valence-corrected chi connectivity index (χ2v) is 10.9. The van der Waals surface area contributed by atoms with Gasteiger partial charge in [0.1, 0.15) is 5.84 Å². The van der Waals surface area contributed by atoms with E-state index in [9.17, 15) is 18.0 Å². The topological polar surface area (TPSA) is 63.2 Å². The summed E-state index contributed by atoms with van der Waals surface area (Å²) >= 11 is 13.3. The standard InChI is InChI=1S/C23H22Cl2F3N3O3S/c24-15-6-14(7-16(25)8-15)22(23(26,27)28)9-20(30-34-22)31-11-13-5-18(35-19(13)12-31)21(32)29-10-17-3-1-2-4-33-17/h5-8,17H,1-4,9-12H2,(H,29,32). The molecule has 1 aromatic heterocycles. The lowest BCUT2D eigenvalue weighted by Gasteiger charge is -2.30. The van der Waals surface area contributed by atoms with Gasteiger partial charge in [0, 0.05) is 40.2 Å². The van der Waals surface area contributed by atoms with E-state index < -0.39 is 18.2 Å². The van der Waals surface area contributed by atoms with Gasteiger partial charge in [-0.05, 0) is 49.1 Å². The highest BCUT2D eigenvalue weighted by molar-refractivity contribution is 7.14. The summed E-state index contributed by atoms with van der Waals surface area (Å²) < 4.78 is 48.3. The van der Waals surface area contributed by atoms with Crippen molar-refractivity contribution >= 4 is 46.3 Å². The predicted molar refractivity (Wildman–Crippen MR) is 127 cm³/mol. The Morgan fingerprint density at radius 3 is 2.63 bits per heavy atom. The number of halogens is 5. The van der Waals surface area contributed by atoms with Crippen LogP contribution in [-0.4, -0.2) is 42.1 Å². The van der Waals surface area contributed by atoms with Crippen LogP contribution >= 0.6 is 34.5 Å². The van der Waals surface area contributed by atoms with Crippen LogP contribution in [0.5, 0.6) is 0 Å². The fourth-order valence-corrected chi connectivity index (χ4v) is 6.20. The zero-order chi connectivity index (χ0) is 24.8. The van der Waals surface area contributed by atoms with Crippen molar-refractivity contribution in [2.24, 2.45) is 5.16 Å². The molecule has 1 amide bonds. The summed E-state index contributed by atoms with van der Waals surface area (Å²) in [6.07, 6.45) is -2.13. The largest absolute Gasteiger partial charge is 0.435 e. The summed E-state index contributed by atoms with van der Waals surface area (Å²) in [5.41, 5.74) is -1.97. The van der Waals surface area contributed by atoms with Crippen molar-refractivity contribution in [3.05, 3.63) is 55.2 Å². The van der Waals surface area contributed by atoms with E-state index in [-0.39, 0.29) is 33.5 Å². The number of hydrogen-bond donors (Lipinski definition) is 1. The first-order valence-electron chi connectivity index (χ1n) is 11.2. The molecular formula is C23H22Cl2F3N3O3S. The molecule has 35 heavy (non-hydrogen) atoms. The molecule has 188 valence electrons. The molecule has 0 bridgehead atoms. The van der Waals surface area contributed by atoms with E-state index in [0.717, 1.165) is 36.3 Å². The van der Waals surface area contributed by atoms with Crippen molar-refractivity contribution in [1.82, 2.24) is 10.2 Å². The molecule has 2 unspecified atom stereocenters. The molecule has 3 aliphatic rings. The Morgan fingerprint density at radius 2 is 1.97 bits per heavy atom. The number of fused-ring (bicyclic) bond motifs is 1. The third-order valence-corrected chi connectivity index (χ3v) is 8.04. The molecule has 0 aliphatic carbocycles. The number of hydrogen-bond acceptors (Lipinski definition) is 6. The lowest BCUT2D eigenvalue weighted by atomic mass is 9.89. The van der Waals surface area contributed by atoms with Gasteiger partial charge in [-0.25, -0.2) is 0 Å². The van der Waals surface area contributed by atoms with Gasteiger partial charge in [-0.1, -0.05) is 28.4 Å². The normalized spacial score (nSPS) is 24.2. The molecule has 2 atom stereocenters. The summed E-state index contributed by atoms with van der Waals surface area (Å²) in [5.74, 6) is 0.0165. The van der Waals surface area contributed by atoms with Gasteiger partial charge in [0.25, 0.3) is 11.5 Å². The number of benzene rings is 1. The lowest BCUT2D eigenvalue weighted by Crippen LogP contribution is -2.43. The van der Waals surface area contributed by atoms with Gasteiger partial charge in [-0.2, -0.15) is 13.2 Å². The Hall–Kier alpha value is -2.01. The lowest BCUT2D eigenvalue weighted by molar-refractivity contribution is -0.275. The monoisotopic (exact) mass is 547 g/mol. The molecule has 12 heteroatoms. The van der Waals surface area contributed by atoms with Gasteiger partial charge in [-0.15, -0.1) is 11.3 Å². The van der Waals surface area contributed by atoms with Crippen molar-refractivity contribution in [3.8, 4) is 0 Å². The quantitative estimate of drug-likeness (QED) is 0.520. The third-order valence-electron chi connectivity index (χ3n) is 6.45. The summed E-state index contributed by atoms with van der Waals surface area (Å²) in [7, 11) is 0. The Labute approximate surface area is 214 Å². The van der Waals surface area contributed by atoms with E-state index >= 15 is 0 Å². The average molecular weight is 548 g/mol. The number of alkyl halides is 3. The van der Waals surface area contributed by atoms with Gasteiger partial charge < -0.3 is 19.8 Å². The highest BCUT2D eigenvalue weighted by Gasteiger charge is 2.63. The maximum atomic E-state index is 14.2. The van der Waals surface area contributed by atoms with Crippen LogP contribution in [-0.2, 0) is 28.3 Å². The van der Waals surface area contributed by atoms with Crippen LogP contribution in [0.15, 0.2) is 29.4 Å². The first kappa shape index (κ1) is 24.7. The summed E-state index contributed by atoms with van der Waals surface area (Å²) in [6, 6.07) is 5.55. The molecule has 0 spiro atoms. The molecule has 1 N–H and O–H groups in total. The Kier molecular flexibility index (Phi) is 6.67. The van der Waals surface area contributed by atoms with E-state index in [1.165, 1.54) is 29.5 Å². The number of oxime groups is 1. The molecule has 2 aromatic rings. The second kappa shape index (κ2) is 9.46. The number of thiophene rings is 1. The Morgan fingerprint density at radius 1 is 1.20 bits per heavy atom. The van der Waals surface area contributed by atoms with Crippen molar-refractivity contribution in [2.75, 3.05) is 13.2 Å². The Balaban J connectivity index is 1.25. The highest BCUT2D eigenvalue weighted by Crippen LogP contribution is 2.50. The molecule has 1 saturated heterocycles. The van der Waals surface area contributed by atoms with Crippen molar-refractivity contribution in [1.29, 1.82) is 0 Å². The van der Waals surface area contributed by atoms with Crippen molar-refractivity contribution in [2.45, 2.75) is 56.7 Å². The van der Waals surface area contributed by atoms with Gasteiger partial charge in [0.05, 0.1) is 23.9 Å². The van der Waals surface area contributed by atoms with E-state index in [1.807, 2.05) is 0 Å². The minimum absolute atomic E-state index is 0.0404. The molecular weight excluding hydrogens is 526 g/mol. The molecule has 5 rings (SSSR count). The van der Waals surface area contributed by atoms with Gasteiger partial charge in [-0.3, -0.25) is 4.79 Å². The molecule has 0 saturated carbocycles. The van der Waals surface area contributed by atoms with Crippen LogP contribution in [0, 0.1) is 0 Å². The maximum absolute atomic E-state index is 14.2. The zero-order valence-corrected chi connectivity index (χ0v) is 20.8. The summed E-state index contributed by atoms with van der Waals surface area (Å²) in [5, 5.41) is 6.91. The number of amidine groups is 1. The number of nitrogens with zero attached hydrogens (tertiary/aromatic N) is 2. The molecule has 0 radical (unpaired) electrons. The number of amides is 1. The van der Waals surface area contributed by atoms with Gasteiger partial charge in [0.15, 0.2) is 0 Å². The minimum atomic E-state index is -4.75. The molecule has 1 aromatic carbocycles. The molecule has 1 fully saturated rings. The van der Waals surface area contributed by atoms with Gasteiger partial charge >= 0.3 is 6.18 Å². The number of nitrogens with one attached hydrogen (secondary N) is 1. The molecule has 3 aliphatic heterocycles. The first-order valence-corrected chi connectivity index (χ1v) is 12.8. The van der Waals surface area contributed by atoms with E-state index in [1.54, 1.807) is 11.0 Å². The maximum Gasteiger partial charge on any atom is 0.435 e. The van der Waals surface area contributed by atoms with Gasteiger partial charge in [0.2, 0.25) is 0 Å². The number of carbonyl (C=O) groups is 1. The van der Waals surface area contributed by atoms with E-state index in [0.29, 0.717) is 24.5 Å². The third kappa shape index (κ3) is 4.85. The SMILES string of the molecule is O=C(NCC1CCCCO1)c1cc2c(s1)CN(C1=NOC(c3cc(Cl)cc(Cl)c3)(C(F)(F)F)C1)C2. The average Bonchev–Trinajstić information content (AvgIpc) is 3.50. The van der Waals surface area contributed by atoms with Crippen LogP contribution in [0.1, 0.15) is 51.4 Å². The van der Waals surface area contributed by atoms with Crippen LogP contribution in [0.25, 0.3) is 0 Å². The smallest absolute Gasteiger partial charge is 0.376 e. The highest BCUT2D eigenvalue weighted by atomic mass is 35.5. The fourth-order valence-electron chi connectivity index (χ4n) is 4.57. The molecule has 4 heterocycles. The molecule has 6 nitrogen and oxygen atoms in total. The van der Waals surface area contributed by atoms with Crippen molar-refractivity contribution < 1.29 is 27.5 Å². The van der Waals surface area contributed by atoms with Crippen LogP contribution in [0.4, 0.5) is 13.2 Å². The number of carbonyl (C=O) groups excluding carboxylic acids is 1. The Bertz CT molecular complexity index is 1120.